The smallest absolute Gasteiger partial charge is 0.343 e. The molecule has 0 aliphatic heterocycles. The molecule has 0 fully saturated rings. The standard InChI is InChI=1S/C29H32F2O3/c1-6-17-29(5,7-2)34-26-16-14-22(19-24(26)31)28(3,4)21-13-15-25(23(30)18-21)33-27(32)20-11-9-8-10-12-20/h8-16,18-19H,6-7,17H2,1-5H3. The molecule has 0 saturated heterocycles. The van der Waals surface area contributed by atoms with Crippen LogP contribution in [0.1, 0.15) is 75.4 Å². The number of carbonyl (C=O) groups excluding carboxylic acids is 1. The lowest BCUT2D eigenvalue weighted by Crippen LogP contribution is -2.31. The molecule has 34 heavy (non-hydrogen) atoms. The van der Waals surface area contributed by atoms with Crippen molar-refractivity contribution in [2.45, 2.75) is 64.9 Å². The summed E-state index contributed by atoms with van der Waals surface area (Å²) in [6, 6.07) is 17.7. The highest BCUT2D eigenvalue weighted by Gasteiger charge is 2.28. The summed E-state index contributed by atoms with van der Waals surface area (Å²) in [4.78, 5) is 12.3. The Kier molecular flexibility index (Phi) is 7.75. The predicted octanol–water partition coefficient (Wildman–Crippen LogP) is 7.86. The number of halogens is 2. The van der Waals surface area contributed by atoms with E-state index in [0.29, 0.717) is 16.7 Å². The Morgan fingerprint density at radius 2 is 1.38 bits per heavy atom. The lowest BCUT2D eigenvalue weighted by atomic mass is 9.78. The van der Waals surface area contributed by atoms with Gasteiger partial charge in [0.1, 0.15) is 5.60 Å². The monoisotopic (exact) mass is 466 g/mol. The molecule has 0 radical (unpaired) electrons. The first-order valence-electron chi connectivity index (χ1n) is 11.7. The highest BCUT2D eigenvalue weighted by molar-refractivity contribution is 5.91. The zero-order valence-corrected chi connectivity index (χ0v) is 20.5. The maximum absolute atomic E-state index is 15.0. The van der Waals surface area contributed by atoms with Crippen LogP contribution in [0.2, 0.25) is 0 Å². The van der Waals surface area contributed by atoms with Gasteiger partial charge in [-0.15, -0.1) is 0 Å². The molecule has 5 heteroatoms. The summed E-state index contributed by atoms with van der Waals surface area (Å²) in [7, 11) is 0. The molecule has 3 rings (SSSR count). The van der Waals surface area contributed by atoms with E-state index in [-0.39, 0.29) is 11.5 Å². The van der Waals surface area contributed by atoms with Gasteiger partial charge in [-0.25, -0.2) is 13.6 Å². The molecule has 0 spiro atoms. The van der Waals surface area contributed by atoms with Crippen LogP contribution in [0, 0.1) is 11.6 Å². The predicted molar refractivity (Wildman–Crippen MR) is 131 cm³/mol. The zero-order valence-electron chi connectivity index (χ0n) is 20.5. The molecule has 1 unspecified atom stereocenters. The van der Waals surface area contributed by atoms with E-state index in [2.05, 4.69) is 6.92 Å². The Bertz CT molecular complexity index is 1140. The molecule has 0 saturated carbocycles. The Morgan fingerprint density at radius 3 is 1.88 bits per heavy atom. The van der Waals surface area contributed by atoms with Crippen LogP contribution in [0.25, 0.3) is 0 Å². The van der Waals surface area contributed by atoms with Crippen molar-refractivity contribution >= 4 is 5.97 Å². The van der Waals surface area contributed by atoms with Gasteiger partial charge in [-0.3, -0.25) is 0 Å². The fourth-order valence-electron chi connectivity index (χ4n) is 3.94. The van der Waals surface area contributed by atoms with E-state index in [1.807, 2.05) is 33.8 Å². The van der Waals surface area contributed by atoms with Crippen molar-refractivity contribution in [1.29, 1.82) is 0 Å². The number of hydrogen-bond donors (Lipinski definition) is 0. The number of hydrogen-bond acceptors (Lipinski definition) is 3. The van der Waals surface area contributed by atoms with Crippen molar-refractivity contribution in [3.05, 3.63) is 95.1 Å². The summed E-state index contributed by atoms with van der Waals surface area (Å²) in [5, 5.41) is 0. The van der Waals surface area contributed by atoms with Crippen LogP contribution in [0.15, 0.2) is 66.7 Å². The second-order valence-corrected chi connectivity index (χ2v) is 9.33. The van der Waals surface area contributed by atoms with Gasteiger partial charge >= 0.3 is 5.97 Å². The third-order valence-corrected chi connectivity index (χ3v) is 6.40. The SMILES string of the molecule is CCCC(C)(CC)Oc1ccc(C(C)(C)c2ccc(OC(=O)c3ccccc3)c(F)c2)cc1F. The van der Waals surface area contributed by atoms with Gasteiger partial charge in [0.05, 0.1) is 5.56 Å². The first kappa shape index (κ1) is 25.4. The topological polar surface area (TPSA) is 35.5 Å². The highest BCUT2D eigenvalue weighted by atomic mass is 19.1. The maximum Gasteiger partial charge on any atom is 0.343 e. The molecule has 3 aromatic carbocycles. The number of carbonyl (C=O) groups is 1. The van der Waals surface area contributed by atoms with E-state index in [9.17, 15) is 13.6 Å². The minimum Gasteiger partial charge on any atom is -0.485 e. The number of rotatable bonds is 9. The quantitative estimate of drug-likeness (QED) is 0.238. The first-order chi connectivity index (χ1) is 16.1. The van der Waals surface area contributed by atoms with Crippen molar-refractivity contribution in [2.75, 3.05) is 0 Å². The van der Waals surface area contributed by atoms with Crippen LogP contribution in [-0.4, -0.2) is 11.6 Å². The molecular formula is C29H32F2O3. The van der Waals surface area contributed by atoms with E-state index < -0.39 is 28.6 Å². The number of esters is 1. The second kappa shape index (κ2) is 10.4. The summed E-state index contributed by atoms with van der Waals surface area (Å²) >= 11 is 0. The highest BCUT2D eigenvalue weighted by Crippen LogP contribution is 2.36. The van der Waals surface area contributed by atoms with Crippen molar-refractivity contribution in [2.24, 2.45) is 0 Å². The lowest BCUT2D eigenvalue weighted by Gasteiger charge is -2.31. The first-order valence-corrected chi connectivity index (χ1v) is 11.7. The lowest BCUT2D eigenvalue weighted by molar-refractivity contribution is 0.0692. The number of benzene rings is 3. The van der Waals surface area contributed by atoms with Gasteiger partial charge in [-0.2, -0.15) is 0 Å². The molecule has 0 aliphatic carbocycles. The third kappa shape index (κ3) is 5.64. The molecule has 3 nitrogen and oxygen atoms in total. The van der Waals surface area contributed by atoms with Gasteiger partial charge in [-0.1, -0.05) is 64.4 Å². The third-order valence-electron chi connectivity index (χ3n) is 6.40. The van der Waals surface area contributed by atoms with Crippen LogP contribution in [0.4, 0.5) is 8.78 Å². The normalized spacial score (nSPS) is 13.3. The van der Waals surface area contributed by atoms with E-state index >= 15 is 0 Å². The fourth-order valence-corrected chi connectivity index (χ4v) is 3.94. The Labute approximate surface area is 200 Å². The molecular weight excluding hydrogens is 434 g/mol. The Morgan fingerprint density at radius 1 is 0.824 bits per heavy atom. The van der Waals surface area contributed by atoms with Gasteiger partial charge in [0.15, 0.2) is 23.1 Å². The molecule has 0 aromatic heterocycles. The largest absolute Gasteiger partial charge is 0.485 e. The van der Waals surface area contributed by atoms with Crippen molar-refractivity contribution in [3.8, 4) is 11.5 Å². The van der Waals surface area contributed by atoms with Crippen LogP contribution in [0.5, 0.6) is 11.5 Å². The van der Waals surface area contributed by atoms with E-state index in [0.717, 1.165) is 19.3 Å². The summed E-state index contributed by atoms with van der Waals surface area (Å²) in [5.41, 5.74) is 0.520. The van der Waals surface area contributed by atoms with Crippen LogP contribution < -0.4 is 9.47 Å². The minimum absolute atomic E-state index is 0.155. The van der Waals surface area contributed by atoms with Crippen LogP contribution >= 0.6 is 0 Å². The van der Waals surface area contributed by atoms with Gasteiger partial charge in [0.25, 0.3) is 0 Å². The summed E-state index contributed by atoms with van der Waals surface area (Å²) in [5.74, 6) is -1.68. The van der Waals surface area contributed by atoms with E-state index in [4.69, 9.17) is 9.47 Å². The van der Waals surface area contributed by atoms with E-state index in [1.54, 1.807) is 42.5 Å². The molecule has 180 valence electrons. The Hall–Kier alpha value is -3.21. The van der Waals surface area contributed by atoms with Gasteiger partial charge < -0.3 is 9.47 Å². The average Bonchev–Trinajstić information content (AvgIpc) is 2.82. The van der Waals surface area contributed by atoms with Crippen molar-refractivity contribution in [3.63, 3.8) is 0 Å². The Balaban J connectivity index is 1.82. The summed E-state index contributed by atoms with van der Waals surface area (Å²) < 4.78 is 41.1. The molecule has 0 heterocycles. The van der Waals surface area contributed by atoms with E-state index in [1.165, 1.54) is 18.2 Å². The molecule has 0 aliphatic rings. The maximum atomic E-state index is 15.0. The zero-order chi connectivity index (χ0) is 24.9. The van der Waals surface area contributed by atoms with Gasteiger partial charge in [-0.05, 0) is 67.3 Å². The van der Waals surface area contributed by atoms with Crippen LogP contribution in [-0.2, 0) is 5.41 Å². The second-order valence-electron chi connectivity index (χ2n) is 9.33. The average molecular weight is 467 g/mol. The molecule has 0 amide bonds. The van der Waals surface area contributed by atoms with Crippen LogP contribution in [0.3, 0.4) is 0 Å². The molecule has 1 atom stereocenters. The van der Waals surface area contributed by atoms with Crippen molar-refractivity contribution in [1.82, 2.24) is 0 Å². The summed E-state index contributed by atoms with van der Waals surface area (Å²) in [6.07, 6.45) is 2.55. The van der Waals surface area contributed by atoms with Crippen molar-refractivity contribution < 1.29 is 23.0 Å². The molecule has 3 aromatic rings. The van der Waals surface area contributed by atoms with Gasteiger partial charge in [0, 0.05) is 5.41 Å². The number of ether oxygens (including phenoxy) is 2. The van der Waals surface area contributed by atoms with Gasteiger partial charge in [0.2, 0.25) is 0 Å². The minimum atomic E-state index is -0.695. The molecule has 0 N–H and O–H groups in total. The summed E-state index contributed by atoms with van der Waals surface area (Å²) in [6.45, 7) is 9.87. The fraction of sp³-hybridized carbons (Fsp3) is 0.345. The molecule has 0 bridgehead atoms.